The molecule has 1 saturated heterocycles. The summed E-state index contributed by atoms with van der Waals surface area (Å²) in [5.74, 6) is 0.122. The van der Waals surface area contributed by atoms with Crippen molar-refractivity contribution in [2.24, 2.45) is 11.3 Å². The number of rotatable bonds is 9. The van der Waals surface area contributed by atoms with Gasteiger partial charge in [0, 0.05) is 29.4 Å². The number of nitrogens with one attached hydrogen (secondary N) is 1. The van der Waals surface area contributed by atoms with E-state index in [-0.39, 0.29) is 48.2 Å². The van der Waals surface area contributed by atoms with E-state index in [1.54, 1.807) is 25.1 Å². The van der Waals surface area contributed by atoms with Crippen molar-refractivity contribution >= 4 is 17.4 Å². The van der Waals surface area contributed by atoms with Crippen molar-refractivity contribution in [2.75, 3.05) is 25.1 Å². The van der Waals surface area contributed by atoms with Crippen molar-refractivity contribution in [3.63, 3.8) is 0 Å². The molecule has 9 nitrogen and oxygen atoms in total. The highest BCUT2D eigenvalue weighted by molar-refractivity contribution is 5.97. The Morgan fingerprint density at radius 3 is 2.67 bits per heavy atom. The number of nitrogens with zero attached hydrogens (tertiary/aromatic N) is 3. The second-order valence-electron chi connectivity index (χ2n) is 8.94. The van der Waals surface area contributed by atoms with Gasteiger partial charge in [0.2, 0.25) is 5.91 Å². The average Bonchev–Trinajstić information content (AvgIpc) is 3.61. The van der Waals surface area contributed by atoms with Crippen LogP contribution in [0.25, 0.3) is 11.3 Å². The SMILES string of the molecule is Cc1nc(-c2ccc(C#N)cc2NC(=O)C2CC2)cc(=O)n1CC(=O)CCC1(CO)COC1. The Labute approximate surface area is 191 Å². The summed E-state index contributed by atoms with van der Waals surface area (Å²) in [4.78, 5) is 42.2. The highest BCUT2D eigenvalue weighted by atomic mass is 16.5. The van der Waals surface area contributed by atoms with E-state index >= 15 is 0 Å². The molecule has 0 bridgehead atoms. The Balaban J connectivity index is 1.54. The van der Waals surface area contributed by atoms with Gasteiger partial charge < -0.3 is 15.2 Å². The van der Waals surface area contributed by atoms with E-state index in [4.69, 9.17) is 4.74 Å². The molecule has 1 aliphatic carbocycles. The first-order valence-electron chi connectivity index (χ1n) is 11.0. The molecule has 1 aromatic heterocycles. The summed E-state index contributed by atoms with van der Waals surface area (Å²) in [7, 11) is 0. The molecular weight excluding hydrogens is 424 g/mol. The second kappa shape index (κ2) is 9.25. The van der Waals surface area contributed by atoms with E-state index in [1.807, 2.05) is 0 Å². The van der Waals surface area contributed by atoms with Crippen LogP contribution in [0.5, 0.6) is 0 Å². The molecule has 2 aliphatic rings. The van der Waals surface area contributed by atoms with Crippen LogP contribution in [0.15, 0.2) is 29.1 Å². The first kappa shape index (κ1) is 22.8. The predicted octanol–water partition coefficient (Wildman–Crippen LogP) is 1.80. The number of ether oxygens (including phenoxy) is 1. The van der Waals surface area contributed by atoms with Gasteiger partial charge in [0.25, 0.3) is 5.56 Å². The lowest BCUT2D eigenvalue weighted by molar-refractivity contribution is -0.145. The van der Waals surface area contributed by atoms with Crippen LogP contribution in [0.4, 0.5) is 5.69 Å². The summed E-state index contributed by atoms with van der Waals surface area (Å²) < 4.78 is 6.48. The van der Waals surface area contributed by atoms with Gasteiger partial charge in [0.15, 0.2) is 5.78 Å². The minimum atomic E-state index is -0.376. The molecule has 2 aromatic rings. The molecule has 33 heavy (non-hydrogen) atoms. The van der Waals surface area contributed by atoms with Crippen molar-refractivity contribution in [1.82, 2.24) is 9.55 Å². The maximum absolute atomic E-state index is 12.8. The number of hydrogen-bond donors (Lipinski definition) is 2. The maximum atomic E-state index is 12.8. The van der Waals surface area contributed by atoms with Crippen LogP contribution in [0.2, 0.25) is 0 Å². The van der Waals surface area contributed by atoms with Gasteiger partial charge in [0.1, 0.15) is 5.82 Å². The van der Waals surface area contributed by atoms with Crippen LogP contribution in [-0.2, 0) is 20.9 Å². The minimum Gasteiger partial charge on any atom is -0.396 e. The highest BCUT2D eigenvalue weighted by Crippen LogP contribution is 2.33. The van der Waals surface area contributed by atoms with Crippen molar-refractivity contribution in [3.05, 3.63) is 46.0 Å². The van der Waals surface area contributed by atoms with E-state index in [1.165, 1.54) is 10.6 Å². The molecule has 0 radical (unpaired) electrons. The third kappa shape index (κ3) is 5.02. The normalized spacial score (nSPS) is 16.5. The number of carbonyl (C=O) groups is 2. The van der Waals surface area contributed by atoms with Gasteiger partial charge in [0.05, 0.1) is 49.4 Å². The summed E-state index contributed by atoms with van der Waals surface area (Å²) in [6.45, 7) is 2.41. The summed E-state index contributed by atoms with van der Waals surface area (Å²) >= 11 is 0. The third-order valence-corrected chi connectivity index (χ3v) is 6.25. The van der Waals surface area contributed by atoms with Crippen molar-refractivity contribution in [1.29, 1.82) is 5.26 Å². The number of anilines is 1. The summed E-state index contributed by atoms with van der Waals surface area (Å²) in [6.07, 6.45) is 2.43. The number of nitriles is 1. The fourth-order valence-corrected chi connectivity index (χ4v) is 3.84. The molecule has 1 aliphatic heterocycles. The lowest BCUT2D eigenvalue weighted by Gasteiger charge is -2.39. The van der Waals surface area contributed by atoms with E-state index in [0.29, 0.717) is 48.0 Å². The minimum absolute atomic E-state index is 0.0197. The maximum Gasteiger partial charge on any atom is 0.254 e. The molecule has 2 N–H and O–H groups in total. The standard InChI is InChI=1S/C24H26N4O5/c1-15-26-21(19-5-2-16(10-25)8-20(19)27-23(32)17-3-4-17)9-22(31)28(15)11-18(30)6-7-24(12-29)13-33-14-24/h2,5,8-9,17,29H,3-4,6-7,11-14H2,1H3,(H,27,32). The number of aliphatic hydroxyl groups excluding tert-OH is 1. The Kier molecular flexibility index (Phi) is 6.40. The topological polar surface area (TPSA) is 134 Å². The number of benzene rings is 1. The predicted molar refractivity (Wildman–Crippen MR) is 119 cm³/mol. The van der Waals surface area contributed by atoms with Crippen LogP contribution < -0.4 is 10.9 Å². The number of ketones is 1. The Morgan fingerprint density at radius 2 is 2.09 bits per heavy atom. The lowest BCUT2D eigenvalue weighted by atomic mass is 9.81. The molecule has 2 heterocycles. The molecule has 1 aromatic carbocycles. The third-order valence-electron chi connectivity index (χ3n) is 6.25. The van der Waals surface area contributed by atoms with Gasteiger partial charge in [-0.15, -0.1) is 0 Å². The van der Waals surface area contributed by atoms with Crippen LogP contribution >= 0.6 is 0 Å². The monoisotopic (exact) mass is 450 g/mol. The van der Waals surface area contributed by atoms with E-state index in [2.05, 4.69) is 16.4 Å². The molecule has 0 unspecified atom stereocenters. The number of amides is 1. The van der Waals surface area contributed by atoms with E-state index in [0.717, 1.165) is 12.8 Å². The second-order valence-corrected chi connectivity index (χ2v) is 8.94. The molecule has 1 saturated carbocycles. The Morgan fingerprint density at radius 1 is 1.33 bits per heavy atom. The van der Waals surface area contributed by atoms with Crippen LogP contribution in [-0.4, -0.2) is 46.2 Å². The molecule has 172 valence electrons. The van der Waals surface area contributed by atoms with Gasteiger partial charge in [-0.2, -0.15) is 5.26 Å². The highest BCUT2D eigenvalue weighted by Gasteiger charge is 2.38. The molecule has 1 amide bonds. The van der Waals surface area contributed by atoms with Crippen LogP contribution in [0.3, 0.4) is 0 Å². The molecule has 2 fully saturated rings. The van der Waals surface area contributed by atoms with Gasteiger partial charge in [-0.1, -0.05) is 0 Å². The average molecular weight is 450 g/mol. The largest absolute Gasteiger partial charge is 0.396 e. The summed E-state index contributed by atoms with van der Waals surface area (Å²) in [6, 6.07) is 8.23. The molecule has 0 spiro atoms. The number of hydrogen-bond acceptors (Lipinski definition) is 7. The van der Waals surface area contributed by atoms with E-state index in [9.17, 15) is 24.8 Å². The smallest absolute Gasteiger partial charge is 0.254 e. The summed E-state index contributed by atoms with van der Waals surface area (Å²) in [5.41, 5.74) is 0.994. The number of aromatic nitrogens is 2. The number of carbonyl (C=O) groups excluding carboxylic acids is 2. The van der Waals surface area contributed by atoms with Crippen molar-refractivity contribution in [2.45, 2.75) is 39.2 Å². The number of Topliss-reactive ketones (excluding diaryl/α,β-unsaturated/α-hetero) is 1. The zero-order valence-corrected chi connectivity index (χ0v) is 18.5. The lowest BCUT2D eigenvalue weighted by Crippen LogP contribution is -2.46. The zero-order chi connectivity index (χ0) is 23.6. The first-order chi connectivity index (χ1) is 15.8. The van der Waals surface area contributed by atoms with E-state index < -0.39 is 0 Å². The van der Waals surface area contributed by atoms with Gasteiger partial charge in [-0.25, -0.2) is 4.98 Å². The number of aryl methyl sites for hydroxylation is 1. The zero-order valence-electron chi connectivity index (χ0n) is 18.5. The molecule has 9 heteroatoms. The van der Waals surface area contributed by atoms with Gasteiger partial charge in [-0.3, -0.25) is 19.0 Å². The molecule has 0 atom stereocenters. The van der Waals surface area contributed by atoms with Crippen LogP contribution in [0, 0.1) is 29.6 Å². The van der Waals surface area contributed by atoms with Gasteiger partial charge in [-0.05, 0) is 44.4 Å². The Bertz CT molecular complexity index is 1180. The summed E-state index contributed by atoms with van der Waals surface area (Å²) in [5, 5.41) is 21.6. The fraction of sp³-hybridized carbons (Fsp3) is 0.458. The Hall–Kier alpha value is -3.35. The van der Waals surface area contributed by atoms with Crippen molar-refractivity contribution in [3.8, 4) is 17.3 Å². The number of aliphatic hydroxyl groups is 1. The fourth-order valence-electron chi connectivity index (χ4n) is 3.84. The quantitative estimate of drug-likeness (QED) is 0.595. The molecular formula is C24H26N4O5. The first-order valence-corrected chi connectivity index (χ1v) is 11.0. The molecule has 4 rings (SSSR count). The van der Waals surface area contributed by atoms with Crippen molar-refractivity contribution < 1.29 is 19.4 Å². The van der Waals surface area contributed by atoms with Gasteiger partial charge >= 0.3 is 0 Å². The van der Waals surface area contributed by atoms with Crippen LogP contribution in [0.1, 0.15) is 37.1 Å².